The van der Waals surface area contributed by atoms with Gasteiger partial charge in [0.25, 0.3) is 0 Å². The number of hydrogen-bond donors (Lipinski definition) is 1. The van der Waals surface area contributed by atoms with Gasteiger partial charge in [0.2, 0.25) is 0 Å². The molecule has 2 heterocycles. The summed E-state index contributed by atoms with van der Waals surface area (Å²) in [6.07, 6.45) is 1.79. The Morgan fingerprint density at radius 1 is 1.20 bits per heavy atom. The van der Waals surface area contributed by atoms with Crippen LogP contribution in [0.5, 0.6) is 0 Å². The molecule has 0 saturated heterocycles. The Kier molecular flexibility index (Phi) is 1.62. The Hall–Kier alpha value is -2.10. The van der Waals surface area contributed by atoms with Crippen LogP contribution >= 0.6 is 0 Å². The molecule has 15 heavy (non-hydrogen) atoms. The number of nitrogens with zero attached hydrogens (tertiary/aromatic N) is 3. The molecule has 4 nitrogen and oxygen atoms in total. The zero-order chi connectivity index (χ0) is 10.3. The van der Waals surface area contributed by atoms with E-state index in [4.69, 9.17) is 0 Å². The minimum absolute atomic E-state index is 0.874. The lowest BCUT2D eigenvalue weighted by Gasteiger charge is -1.99. The average Bonchev–Trinajstić information content (AvgIpc) is 2.77. The summed E-state index contributed by atoms with van der Waals surface area (Å²) in [4.78, 5) is 7.55. The van der Waals surface area contributed by atoms with E-state index in [0.29, 0.717) is 0 Å². The lowest BCUT2D eigenvalue weighted by molar-refractivity contribution is 0.892. The van der Waals surface area contributed by atoms with E-state index in [1.807, 2.05) is 41.9 Å². The fourth-order valence-electron chi connectivity index (χ4n) is 1.68. The first kappa shape index (κ1) is 8.23. The van der Waals surface area contributed by atoms with Gasteiger partial charge in [-0.1, -0.05) is 18.2 Å². The van der Waals surface area contributed by atoms with Crippen molar-refractivity contribution < 1.29 is 0 Å². The summed E-state index contributed by atoms with van der Waals surface area (Å²) in [6.45, 7) is 1.94. The molecule has 3 aromatic rings. The molecule has 0 unspecified atom stereocenters. The average molecular weight is 198 g/mol. The van der Waals surface area contributed by atoms with Crippen molar-refractivity contribution in [2.24, 2.45) is 0 Å². The van der Waals surface area contributed by atoms with Gasteiger partial charge in [0, 0.05) is 0 Å². The second-order valence-corrected chi connectivity index (χ2v) is 3.45. The van der Waals surface area contributed by atoms with Gasteiger partial charge in [-0.15, -0.1) is 0 Å². The number of para-hydroxylation sites is 1. The van der Waals surface area contributed by atoms with Gasteiger partial charge in [-0.3, -0.25) is 0 Å². The monoisotopic (exact) mass is 198 g/mol. The third-order valence-corrected chi connectivity index (χ3v) is 2.33. The number of rotatable bonds is 1. The fraction of sp³-hybridized carbons (Fsp3) is 0.0909. The van der Waals surface area contributed by atoms with Gasteiger partial charge in [-0.05, 0) is 19.1 Å². The topological polar surface area (TPSA) is 46.5 Å². The van der Waals surface area contributed by atoms with Crippen LogP contribution in [0.15, 0.2) is 36.5 Å². The van der Waals surface area contributed by atoms with Gasteiger partial charge >= 0.3 is 0 Å². The molecule has 0 aliphatic heterocycles. The van der Waals surface area contributed by atoms with E-state index in [1.54, 1.807) is 6.20 Å². The van der Waals surface area contributed by atoms with Crippen molar-refractivity contribution in [2.45, 2.75) is 6.92 Å². The Balaban J connectivity index is 2.27. The number of nitrogens with one attached hydrogen (secondary N) is 1. The van der Waals surface area contributed by atoms with E-state index < -0.39 is 0 Å². The summed E-state index contributed by atoms with van der Waals surface area (Å²) in [5.74, 6) is 0.909. The summed E-state index contributed by atoms with van der Waals surface area (Å²) in [5.41, 5.74) is 2.87. The van der Waals surface area contributed by atoms with Crippen LogP contribution in [0.2, 0.25) is 0 Å². The van der Waals surface area contributed by atoms with Crippen molar-refractivity contribution in [1.82, 2.24) is 19.7 Å². The fourth-order valence-corrected chi connectivity index (χ4v) is 1.68. The van der Waals surface area contributed by atoms with Gasteiger partial charge in [0.1, 0.15) is 11.3 Å². The zero-order valence-corrected chi connectivity index (χ0v) is 8.31. The highest BCUT2D eigenvalue weighted by Gasteiger charge is 2.07. The Morgan fingerprint density at radius 2 is 2.00 bits per heavy atom. The summed E-state index contributed by atoms with van der Waals surface area (Å²) in [6, 6.07) is 9.98. The molecular formula is C11H10N4. The smallest absolute Gasteiger partial charge is 0.181 e. The summed E-state index contributed by atoms with van der Waals surface area (Å²) >= 11 is 0. The van der Waals surface area contributed by atoms with Gasteiger partial charge < -0.3 is 4.98 Å². The summed E-state index contributed by atoms with van der Waals surface area (Å²) < 4.78 is 1.83. The van der Waals surface area contributed by atoms with E-state index in [-0.39, 0.29) is 0 Å². The molecule has 4 heteroatoms. The highest BCUT2D eigenvalue weighted by Crippen LogP contribution is 2.15. The van der Waals surface area contributed by atoms with Crippen molar-refractivity contribution >= 4 is 11.2 Å². The number of hydrogen-bond acceptors (Lipinski definition) is 2. The Morgan fingerprint density at radius 3 is 2.80 bits per heavy atom. The first-order valence-corrected chi connectivity index (χ1v) is 4.80. The number of aromatic nitrogens is 4. The zero-order valence-electron chi connectivity index (χ0n) is 8.31. The van der Waals surface area contributed by atoms with Crippen LogP contribution in [0.4, 0.5) is 0 Å². The number of aryl methyl sites for hydroxylation is 1. The molecule has 2 aromatic heterocycles. The summed E-state index contributed by atoms with van der Waals surface area (Å²) in [5, 5.41) is 4.29. The van der Waals surface area contributed by atoms with Crippen molar-refractivity contribution in [2.75, 3.05) is 0 Å². The van der Waals surface area contributed by atoms with Gasteiger partial charge in [0.05, 0.1) is 11.9 Å². The lowest BCUT2D eigenvalue weighted by atomic mass is 10.3. The van der Waals surface area contributed by atoms with E-state index in [0.717, 1.165) is 22.7 Å². The maximum absolute atomic E-state index is 4.39. The number of imidazole rings is 1. The maximum atomic E-state index is 4.39. The largest absolute Gasteiger partial charge is 0.340 e. The molecule has 0 saturated carbocycles. The molecule has 0 spiro atoms. The van der Waals surface area contributed by atoms with Crippen molar-refractivity contribution in [3.05, 3.63) is 42.4 Å². The molecule has 0 fully saturated rings. The van der Waals surface area contributed by atoms with Crippen molar-refractivity contribution in [3.63, 3.8) is 0 Å². The molecule has 1 N–H and O–H groups in total. The standard InChI is InChI=1S/C11H10N4/c1-8-13-10-7-12-15(11(10)14-8)9-5-3-2-4-6-9/h2-7H,1H3,(H,13,14). The second-order valence-electron chi connectivity index (χ2n) is 3.45. The molecule has 0 radical (unpaired) electrons. The molecule has 0 bridgehead atoms. The van der Waals surface area contributed by atoms with Crippen LogP contribution in [0, 0.1) is 6.92 Å². The molecule has 3 rings (SSSR count). The third-order valence-electron chi connectivity index (χ3n) is 2.33. The minimum atomic E-state index is 0.874. The van der Waals surface area contributed by atoms with Crippen molar-refractivity contribution in [3.8, 4) is 5.69 Å². The lowest BCUT2D eigenvalue weighted by Crippen LogP contribution is -1.95. The van der Waals surface area contributed by atoms with Crippen LogP contribution in [0.1, 0.15) is 5.82 Å². The first-order valence-electron chi connectivity index (χ1n) is 4.80. The van der Waals surface area contributed by atoms with E-state index in [9.17, 15) is 0 Å². The Labute approximate surface area is 86.6 Å². The highest BCUT2D eigenvalue weighted by molar-refractivity contribution is 5.72. The van der Waals surface area contributed by atoms with Crippen LogP contribution in [0.3, 0.4) is 0 Å². The van der Waals surface area contributed by atoms with E-state index in [2.05, 4.69) is 15.1 Å². The van der Waals surface area contributed by atoms with Gasteiger partial charge in [-0.25, -0.2) is 9.67 Å². The molecular weight excluding hydrogens is 188 g/mol. The van der Waals surface area contributed by atoms with Crippen LogP contribution in [-0.2, 0) is 0 Å². The highest BCUT2D eigenvalue weighted by atomic mass is 15.3. The molecule has 0 atom stereocenters. The van der Waals surface area contributed by atoms with E-state index in [1.165, 1.54) is 0 Å². The molecule has 0 amide bonds. The quantitative estimate of drug-likeness (QED) is 0.650. The second kappa shape index (κ2) is 2.95. The molecule has 1 aromatic carbocycles. The number of aromatic amines is 1. The predicted molar refractivity (Wildman–Crippen MR) is 58.0 cm³/mol. The van der Waals surface area contributed by atoms with Crippen LogP contribution < -0.4 is 0 Å². The first-order chi connectivity index (χ1) is 7.34. The van der Waals surface area contributed by atoms with Crippen LogP contribution in [-0.4, -0.2) is 19.7 Å². The van der Waals surface area contributed by atoms with Gasteiger partial charge in [-0.2, -0.15) is 5.10 Å². The maximum Gasteiger partial charge on any atom is 0.181 e. The normalized spacial score (nSPS) is 11.0. The SMILES string of the molecule is Cc1nc2c(cnn2-c2ccccc2)[nH]1. The molecule has 0 aliphatic rings. The van der Waals surface area contributed by atoms with Gasteiger partial charge in [0.15, 0.2) is 5.65 Å². The summed E-state index contributed by atoms with van der Waals surface area (Å²) in [7, 11) is 0. The van der Waals surface area contributed by atoms with Crippen LogP contribution in [0.25, 0.3) is 16.9 Å². The third kappa shape index (κ3) is 1.22. The minimum Gasteiger partial charge on any atom is -0.340 e. The molecule has 0 aliphatic carbocycles. The Bertz CT molecular complexity index is 591. The molecule has 74 valence electrons. The number of fused-ring (bicyclic) bond motifs is 1. The predicted octanol–water partition coefficient (Wildman–Crippen LogP) is 2.06. The number of H-pyrrole nitrogens is 1. The van der Waals surface area contributed by atoms with E-state index >= 15 is 0 Å². The number of benzene rings is 1. The van der Waals surface area contributed by atoms with Crippen molar-refractivity contribution in [1.29, 1.82) is 0 Å².